The second kappa shape index (κ2) is 8.01. The van der Waals surface area contributed by atoms with Crippen molar-refractivity contribution in [3.05, 3.63) is 47.3 Å². The zero-order valence-corrected chi connectivity index (χ0v) is 14.3. The number of benzene rings is 1. The van der Waals surface area contributed by atoms with Crippen LogP contribution in [0.15, 0.2) is 34.9 Å². The average Bonchev–Trinajstić information content (AvgIpc) is 3.13. The van der Waals surface area contributed by atoms with Gasteiger partial charge >= 0.3 is 5.97 Å². The van der Waals surface area contributed by atoms with E-state index in [0.717, 1.165) is 0 Å². The Kier molecular flexibility index (Phi) is 5.52. The van der Waals surface area contributed by atoms with Gasteiger partial charge in [0.2, 0.25) is 5.76 Å². The van der Waals surface area contributed by atoms with Crippen LogP contribution in [0.2, 0.25) is 0 Å². The van der Waals surface area contributed by atoms with Crippen molar-refractivity contribution in [2.75, 3.05) is 13.2 Å². The number of ether oxygens (including phenoxy) is 2. The molecule has 8 heteroatoms. The van der Waals surface area contributed by atoms with E-state index in [-0.39, 0.29) is 23.3 Å². The zero-order valence-electron chi connectivity index (χ0n) is 14.3. The van der Waals surface area contributed by atoms with E-state index in [9.17, 15) is 9.59 Å². The summed E-state index contributed by atoms with van der Waals surface area (Å²) >= 11 is 0. The summed E-state index contributed by atoms with van der Waals surface area (Å²) in [6.07, 6.45) is 0.891. The van der Waals surface area contributed by atoms with E-state index >= 15 is 0 Å². The molecule has 1 aromatic heterocycles. The average molecular weight is 360 g/mol. The highest BCUT2D eigenvalue weighted by Gasteiger charge is 2.30. The quantitative estimate of drug-likeness (QED) is 0.809. The first kappa shape index (κ1) is 17.9. The predicted molar refractivity (Wildman–Crippen MR) is 90.4 cm³/mol. The smallest absolute Gasteiger partial charge is 0.335 e. The molecule has 1 aliphatic rings. The van der Waals surface area contributed by atoms with Crippen molar-refractivity contribution in [2.45, 2.75) is 31.9 Å². The van der Waals surface area contributed by atoms with Crippen LogP contribution in [0.4, 0.5) is 0 Å². The first-order valence-electron chi connectivity index (χ1n) is 8.41. The molecule has 8 nitrogen and oxygen atoms in total. The number of carbonyl (C=O) groups excluding carboxylic acids is 1. The summed E-state index contributed by atoms with van der Waals surface area (Å²) in [4.78, 5) is 23.3. The topological polar surface area (TPSA) is 111 Å². The summed E-state index contributed by atoms with van der Waals surface area (Å²) < 4.78 is 16.4. The van der Waals surface area contributed by atoms with E-state index in [4.69, 9.17) is 19.1 Å². The van der Waals surface area contributed by atoms with Crippen LogP contribution in [0.5, 0.6) is 5.75 Å². The van der Waals surface area contributed by atoms with Crippen LogP contribution in [0, 0.1) is 0 Å². The molecule has 1 fully saturated rings. The molecule has 2 atom stereocenters. The Labute approximate surface area is 150 Å². The number of amides is 1. The maximum atomic E-state index is 12.4. The van der Waals surface area contributed by atoms with Crippen molar-refractivity contribution in [1.29, 1.82) is 0 Å². The van der Waals surface area contributed by atoms with Gasteiger partial charge in [0.25, 0.3) is 5.91 Å². The van der Waals surface area contributed by atoms with Gasteiger partial charge in [-0.2, -0.15) is 0 Å². The molecule has 138 valence electrons. The Balaban J connectivity index is 1.65. The van der Waals surface area contributed by atoms with Crippen molar-refractivity contribution >= 4 is 11.9 Å². The van der Waals surface area contributed by atoms with E-state index in [0.29, 0.717) is 37.5 Å². The fourth-order valence-electron chi connectivity index (χ4n) is 2.67. The number of carboxylic acid groups (broad SMARTS) is 1. The number of hydrogen-bond donors (Lipinski definition) is 2. The highest BCUT2D eigenvalue weighted by Crippen LogP contribution is 2.19. The molecule has 26 heavy (non-hydrogen) atoms. The third-order valence-electron chi connectivity index (χ3n) is 4.15. The van der Waals surface area contributed by atoms with E-state index in [1.54, 1.807) is 18.2 Å². The van der Waals surface area contributed by atoms with Crippen LogP contribution in [0.3, 0.4) is 0 Å². The third-order valence-corrected chi connectivity index (χ3v) is 4.15. The molecule has 1 aliphatic heterocycles. The van der Waals surface area contributed by atoms with Crippen molar-refractivity contribution in [3.63, 3.8) is 0 Å². The summed E-state index contributed by atoms with van der Waals surface area (Å²) in [5.41, 5.74) is 0.896. The van der Waals surface area contributed by atoms with Gasteiger partial charge in [-0.05, 0) is 37.1 Å². The standard InChI is InChI=1S/C18H20N2O6/c1-2-12-9-15(26-20-12)17(21)19-14-7-8-24-10-16(14)25-13-5-3-11(4-6-13)18(22)23/h3-6,9,14,16H,2,7-8,10H2,1H3,(H,19,21)(H,22,23). The second-order valence-electron chi connectivity index (χ2n) is 5.97. The van der Waals surface area contributed by atoms with Gasteiger partial charge in [-0.1, -0.05) is 12.1 Å². The molecule has 0 radical (unpaired) electrons. The van der Waals surface area contributed by atoms with E-state index < -0.39 is 12.1 Å². The van der Waals surface area contributed by atoms with Gasteiger partial charge in [-0.3, -0.25) is 4.79 Å². The second-order valence-corrected chi connectivity index (χ2v) is 5.97. The highest BCUT2D eigenvalue weighted by atomic mass is 16.5. The molecule has 1 amide bonds. The number of carbonyl (C=O) groups is 2. The lowest BCUT2D eigenvalue weighted by Crippen LogP contribution is -2.51. The maximum absolute atomic E-state index is 12.4. The van der Waals surface area contributed by atoms with Gasteiger partial charge in [0.05, 0.1) is 23.9 Å². The molecule has 1 saturated heterocycles. The first-order chi connectivity index (χ1) is 12.6. The summed E-state index contributed by atoms with van der Waals surface area (Å²) in [7, 11) is 0. The predicted octanol–water partition coefficient (Wildman–Crippen LogP) is 1.90. The molecule has 0 saturated carbocycles. The van der Waals surface area contributed by atoms with Crippen LogP contribution in [-0.4, -0.2) is 47.5 Å². The molecule has 1 aromatic carbocycles. The lowest BCUT2D eigenvalue weighted by Gasteiger charge is -2.32. The Morgan fingerprint density at radius 2 is 2.12 bits per heavy atom. The van der Waals surface area contributed by atoms with Gasteiger partial charge in [-0.25, -0.2) is 4.79 Å². The minimum absolute atomic E-state index is 0.165. The Bertz CT molecular complexity index is 770. The minimum atomic E-state index is -0.999. The van der Waals surface area contributed by atoms with Crippen LogP contribution in [-0.2, 0) is 11.2 Å². The van der Waals surface area contributed by atoms with Gasteiger partial charge in [-0.15, -0.1) is 0 Å². The third kappa shape index (κ3) is 4.20. The fourth-order valence-corrected chi connectivity index (χ4v) is 2.67. The number of aryl methyl sites for hydroxylation is 1. The molecule has 0 spiro atoms. The number of rotatable bonds is 6. The van der Waals surface area contributed by atoms with Gasteiger partial charge < -0.3 is 24.4 Å². The van der Waals surface area contributed by atoms with E-state index in [1.165, 1.54) is 12.1 Å². The van der Waals surface area contributed by atoms with Crippen molar-refractivity contribution in [2.24, 2.45) is 0 Å². The van der Waals surface area contributed by atoms with Crippen molar-refractivity contribution < 1.29 is 28.7 Å². The van der Waals surface area contributed by atoms with Crippen molar-refractivity contribution in [1.82, 2.24) is 10.5 Å². The fraction of sp³-hybridized carbons (Fsp3) is 0.389. The molecule has 0 aliphatic carbocycles. The van der Waals surface area contributed by atoms with Crippen LogP contribution >= 0.6 is 0 Å². The van der Waals surface area contributed by atoms with Crippen LogP contribution < -0.4 is 10.1 Å². The number of nitrogens with zero attached hydrogens (tertiary/aromatic N) is 1. The summed E-state index contributed by atoms with van der Waals surface area (Å²) in [5, 5.41) is 15.7. The van der Waals surface area contributed by atoms with Gasteiger partial charge in [0.15, 0.2) is 0 Å². The van der Waals surface area contributed by atoms with Gasteiger partial charge in [0.1, 0.15) is 11.9 Å². The molecule has 2 N–H and O–H groups in total. The van der Waals surface area contributed by atoms with Gasteiger partial charge in [0, 0.05) is 12.7 Å². The minimum Gasteiger partial charge on any atom is -0.486 e. The molecule has 2 unspecified atom stereocenters. The molecule has 2 aromatic rings. The summed E-state index contributed by atoms with van der Waals surface area (Å²) in [6, 6.07) is 7.47. The normalized spacial score (nSPS) is 19.7. The molecular formula is C18H20N2O6. The monoisotopic (exact) mass is 360 g/mol. The summed E-state index contributed by atoms with van der Waals surface area (Å²) in [5.74, 6) is -0.671. The maximum Gasteiger partial charge on any atom is 0.335 e. The highest BCUT2D eigenvalue weighted by molar-refractivity contribution is 5.91. The lowest BCUT2D eigenvalue weighted by atomic mass is 10.1. The Hall–Kier alpha value is -2.87. The van der Waals surface area contributed by atoms with Crippen molar-refractivity contribution in [3.8, 4) is 5.75 Å². The molecule has 0 bridgehead atoms. The molecule has 3 rings (SSSR count). The van der Waals surface area contributed by atoms with Crippen LogP contribution in [0.25, 0.3) is 0 Å². The number of carboxylic acids is 1. The van der Waals surface area contributed by atoms with E-state index in [1.807, 2.05) is 6.92 Å². The molecule has 2 heterocycles. The number of aromatic nitrogens is 1. The molecular weight excluding hydrogens is 340 g/mol. The number of aromatic carboxylic acids is 1. The lowest BCUT2D eigenvalue weighted by molar-refractivity contribution is -0.0138. The number of nitrogens with one attached hydrogen (secondary N) is 1. The SMILES string of the molecule is CCc1cc(C(=O)NC2CCOCC2Oc2ccc(C(=O)O)cc2)on1. The largest absolute Gasteiger partial charge is 0.486 e. The summed E-state index contributed by atoms with van der Waals surface area (Å²) in [6.45, 7) is 2.76. The van der Waals surface area contributed by atoms with E-state index in [2.05, 4.69) is 10.5 Å². The zero-order chi connectivity index (χ0) is 18.5. The first-order valence-corrected chi connectivity index (χ1v) is 8.41. The number of hydrogen-bond acceptors (Lipinski definition) is 6. The Morgan fingerprint density at radius 1 is 1.35 bits per heavy atom. The Morgan fingerprint density at radius 3 is 2.77 bits per heavy atom. The van der Waals surface area contributed by atoms with Crippen LogP contribution in [0.1, 0.15) is 40.0 Å².